The van der Waals surface area contributed by atoms with Crippen molar-refractivity contribution in [1.82, 2.24) is 14.5 Å². The third kappa shape index (κ3) is 4.40. The lowest BCUT2D eigenvalue weighted by Crippen LogP contribution is -2.55. The second-order valence-electron chi connectivity index (χ2n) is 5.98. The maximum Gasteiger partial charge on any atom is 0.237 e. The first-order chi connectivity index (χ1) is 10.1. The molecule has 128 valence electrons. The normalized spacial score (nSPS) is 28.4. The van der Waals surface area contributed by atoms with Gasteiger partial charge in [-0.25, -0.2) is 16.8 Å². The van der Waals surface area contributed by atoms with E-state index in [4.69, 9.17) is 0 Å². The zero-order chi connectivity index (χ0) is 16.5. The number of nitrogens with zero attached hydrogens (tertiary/aromatic N) is 2. The SMILES string of the molecule is C[C@@H](C(=O)N[C@H]1CCS(=O)(=O)C1)N1CCN(S(C)(=O)=O)CC1. The molecule has 8 nitrogen and oxygen atoms in total. The van der Waals surface area contributed by atoms with Crippen molar-refractivity contribution in [2.24, 2.45) is 0 Å². The van der Waals surface area contributed by atoms with E-state index in [1.807, 2.05) is 4.90 Å². The fourth-order valence-corrected chi connectivity index (χ4v) is 5.32. The van der Waals surface area contributed by atoms with Crippen LogP contribution in [-0.4, -0.2) is 88.0 Å². The number of nitrogens with one attached hydrogen (secondary N) is 1. The van der Waals surface area contributed by atoms with Crippen molar-refractivity contribution in [3.8, 4) is 0 Å². The molecule has 1 amide bonds. The molecule has 2 aliphatic rings. The van der Waals surface area contributed by atoms with Gasteiger partial charge in [-0.1, -0.05) is 0 Å². The van der Waals surface area contributed by atoms with Gasteiger partial charge in [0.2, 0.25) is 15.9 Å². The quantitative estimate of drug-likeness (QED) is 0.643. The number of rotatable bonds is 4. The molecule has 2 atom stereocenters. The molecule has 2 fully saturated rings. The van der Waals surface area contributed by atoms with Crippen LogP contribution in [0.4, 0.5) is 0 Å². The Bertz CT molecular complexity index is 623. The predicted molar refractivity (Wildman–Crippen MR) is 82.7 cm³/mol. The lowest BCUT2D eigenvalue weighted by molar-refractivity contribution is -0.126. The van der Waals surface area contributed by atoms with Gasteiger partial charge < -0.3 is 5.32 Å². The molecule has 0 aromatic rings. The van der Waals surface area contributed by atoms with Gasteiger partial charge in [0.25, 0.3) is 0 Å². The standard InChI is InChI=1S/C12H23N3O5S2/c1-10(12(16)13-11-3-8-22(19,20)9-11)14-4-6-15(7-5-14)21(2,17)18/h10-11H,3-9H2,1-2H3,(H,13,16)/t10-,11-/m0/s1. The molecule has 0 unspecified atom stereocenters. The molecule has 0 aliphatic carbocycles. The van der Waals surface area contributed by atoms with Crippen LogP contribution in [0.15, 0.2) is 0 Å². The zero-order valence-electron chi connectivity index (χ0n) is 12.9. The largest absolute Gasteiger partial charge is 0.351 e. The van der Waals surface area contributed by atoms with Gasteiger partial charge in [-0.05, 0) is 13.3 Å². The van der Waals surface area contributed by atoms with E-state index in [1.54, 1.807) is 6.92 Å². The fourth-order valence-electron chi connectivity index (χ4n) is 2.82. The summed E-state index contributed by atoms with van der Waals surface area (Å²) in [6, 6.07) is -0.706. The average molecular weight is 353 g/mol. The second kappa shape index (κ2) is 6.42. The van der Waals surface area contributed by atoms with E-state index in [0.717, 1.165) is 0 Å². The Morgan fingerprint density at radius 1 is 1.23 bits per heavy atom. The summed E-state index contributed by atoms with van der Waals surface area (Å²) in [5, 5.41) is 2.78. The van der Waals surface area contributed by atoms with Crippen LogP contribution >= 0.6 is 0 Å². The summed E-state index contributed by atoms with van der Waals surface area (Å²) in [4.78, 5) is 14.1. The van der Waals surface area contributed by atoms with Crippen molar-refractivity contribution < 1.29 is 21.6 Å². The third-order valence-electron chi connectivity index (χ3n) is 4.25. The van der Waals surface area contributed by atoms with Gasteiger partial charge in [-0.3, -0.25) is 9.69 Å². The number of hydrogen-bond acceptors (Lipinski definition) is 6. The number of sulfone groups is 1. The molecule has 0 spiro atoms. The van der Waals surface area contributed by atoms with Crippen LogP contribution in [0.1, 0.15) is 13.3 Å². The molecule has 2 rings (SSSR count). The highest BCUT2D eigenvalue weighted by Gasteiger charge is 2.33. The molecule has 22 heavy (non-hydrogen) atoms. The first-order valence-electron chi connectivity index (χ1n) is 7.28. The van der Waals surface area contributed by atoms with Gasteiger partial charge in [0.15, 0.2) is 9.84 Å². The van der Waals surface area contributed by atoms with Gasteiger partial charge in [0, 0.05) is 32.2 Å². The molecule has 0 saturated carbocycles. The highest BCUT2D eigenvalue weighted by Crippen LogP contribution is 2.13. The van der Waals surface area contributed by atoms with Crippen molar-refractivity contribution in [3.63, 3.8) is 0 Å². The maximum atomic E-state index is 12.2. The summed E-state index contributed by atoms with van der Waals surface area (Å²) in [6.07, 6.45) is 1.64. The topological polar surface area (TPSA) is 104 Å². The van der Waals surface area contributed by atoms with Gasteiger partial charge in [-0.15, -0.1) is 0 Å². The van der Waals surface area contributed by atoms with Gasteiger partial charge in [-0.2, -0.15) is 4.31 Å². The number of hydrogen-bond donors (Lipinski definition) is 1. The van der Waals surface area contributed by atoms with Gasteiger partial charge in [0.1, 0.15) is 0 Å². The van der Waals surface area contributed by atoms with Crippen LogP contribution in [0.5, 0.6) is 0 Å². The molecular weight excluding hydrogens is 330 g/mol. The summed E-state index contributed by atoms with van der Waals surface area (Å²) >= 11 is 0. The molecule has 0 bridgehead atoms. The highest BCUT2D eigenvalue weighted by atomic mass is 32.2. The molecule has 2 saturated heterocycles. The Balaban J connectivity index is 1.85. The Kier molecular flexibility index (Phi) is 5.15. The first-order valence-corrected chi connectivity index (χ1v) is 11.0. The van der Waals surface area contributed by atoms with Crippen LogP contribution in [0, 0.1) is 0 Å². The molecular formula is C12H23N3O5S2. The zero-order valence-corrected chi connectivity index (χ0v) is 14.5. The number of carbonyl (C=O) groups is 1. The summed E-state index contributed by atoms with van der Waals surface area (Å²) in [6.45, 7) is 3.48. The minimum absolute atomic E-state index is 0.00726. The lowest BCUT2D eigenvalue weighted by Gasteiger charge is -2.36. The van der Waals surface area contributed by atoms with E-state index < -0.39 is 25.9 Å². The van der Waals surface area contributed by atoms with Crippen LogP contribution in [0.25, 0.3) is 0 Å². The average Bonchev–Trinajstić information content (AvgIpc) is 2.76. The van der Waals surface area contributed by atoms with Crippen molar-refractivity contribution >= 4 is 25.8 Å². The summed E-state index contributed by atoms with van der Waals surface area (Å²) in [5.41, 5.74) is 0. The first kappa shape index (κ1) is 17.6. The number of piperazine rings is 1. The van der Waals surface area contributed by atoms with Gasteiger partial charge in [0.05, 0.1) is 23.8 Å². The Labute approximate surface area is 131 Å². The van der Waals surface area contributed by atoms with Crippen molar-refractivity contribution in [3.05, 3.63) is 0 Å². The summed E-state index contributed by atoms with van der Waals surface area (Å²) < 4.78 is 47.1. The Hall–Kier alpha value is -0.710. The minimum atomic E-state index is -3.19. The maximum absolute atomic E-state index is 12.2. The number of amides is 1. The Morgan fingerprint density at radius 2 is 1.82 bits per heavy atom. The van der Waals surface area contributed by atoms with E-state index >= 15 is 0 Å². The van der Waals surface area contributed by atoms with E-state index in [2.05, 4.69) is 5.32 Å². The van der Waals surface area contributed by atoms with Crippen LogP contribution in [0.2, 0.25) is 0 Å². The second-order valence-corrected chi connectivity index (χ2v) is 10.2. The summed E-state index contributed by atoms with van der Waals surface area (Å²) in [5.74, 6) is -0.0675. The molecule has 0 aromatic carbocycles. The molecule has 2 heterocycles. The molecule has 2 aliphatic heterocycles. The molecule has 1 N–H and O–H groups in total. The monoisotopic (exact) mass is 353 g/mol. The van der Waals surface area contributed by atoms with Gasteiger partial charge >= 0.3 is 0 Å². The molecule has 0 aromatic heterocycles. The number of sulfonamides is 1. The molecule has 0 radical (unpaired) electrons. The van der Waals surface area contributed by atoms with Crippen molar-refractivity contribution in [1.29, 1.82) is 0 Å². The Morgan fingerprint density at radius 3 is 2.27 bits per heavy atom. The van der Waals surface area contributed by atoms with Crippen LogP contribution in [-0.2, 0) is 24.7 Å². The van der Waals surface area contributed by atoms with E-state index in [1.165, 1.54) is 10.6 Å². The smallest absolute Gasteiger partial charge is 0.237 e. The van der Waals surface area contributed by atoms with Crippen molar-refractivity contribution in [2.75, 3.05) is 43.9 Å². The molecule has 10 heteroatoms. The third-order valence-corrected chi connectivity index (χ3v) is 7.32. The predicted octanol–water partition coefficient (Wildman–Crippen LogP) is -1.74. The van der Waals surface area contributed by atoms with Crippen molar-refractivity contribution in [2.45, 2.75) is 25.4 Å². The van der Waals surface area contributed by atoms with E-state index in [0.29, 0.717) is 32.6 Å². The fraction of sp³-hybridized carbons (Fsp3) is 0.917. The minimum Gasteiger partial charge on any atom is -0.351 e. The van der Waals surface area contributed by atoms with E-state index in [-0.39, 0.29) is 23.5 Å². The highest BCUT2D eigenvalue weighted by molar-refractivity contribution is 7.91. The van der Waals surface area contributed by atoms with E-state index in [9.17, 15) is 21.6 Å². The summed E-state index contributed by atoms with van der Waals surface area (Å²) in [7, 11) is -6.20. The lowest BCUT2D eigenvalue weighted by atomic mass is 10.2. The van der Waals surface area contributed by atoms with Crippen LogP contribution in [0.3, 0.4) is 0 Å². The number of carbonyl (C=O) groups excluding carboxylic acids is 1. The van der Waals surface area contributed by atoms with Crippen LogP contribution < -0.4 is 5.32 Å².